The number of carbonyl (C=O) groups excluding carboxylic acids is 1. The van der Waals surface area contributed by atoms with Gasteiger partial charge < -0.3 is 4.90 Å². The highest BCUT2D eigenvalue weighted by atomic mass is 35.5. The van der Waals surface area contributed by atoms with Gasteiger partial charge in [0.2, 0.25) is 0 Å². The normalized spacial score (nSPS) is 21.3. The van der Waals surface area contributed by atoms with E-state index in [1.165, 1.54) is 33.1 Å². The van der Waals surface area contributed by atoms with Crippen LogP contribution in [0, 0.1) is 12.3 Å². The van der Waals surface area contributed by atoms with E-state index in [4.69, 9.17) is 11.6 Å². The van der Waals surface area contributed by atoms with Gasteiger partial charge in [-0.3, -0.25) is 4.90 Å². The number of aromatic nitrogens is 2. The quantitative estimate of drug-likeness (QED) is 0.577. The number of hydrogen-bond donors (Lipinski definition) is 0. The number of likely N-dealkylation sites (tertiary alicyclic amines) is 2. The zero-order valence-electron chi connectivity index (χ0n) is 17.8. The molecule has 2 saturated heterocycles. The maximum absolute atomic E-state index is 12.7. The third-order valence-electron chi connectivity index (χ3n) is 6.82. The zero-order valence-corrected chi connectivity index (χ0v) is 18.6. The van der Waals surface area contributed by atoms with Crippen molar-refractivity contribution < 1.29 is 4.79 Å². The molecule has 0 aliphatic carbocycles. The Bertz CT molecular complexity index is 1100. The van der Waals surface area contributed by atoms with Gasteiger partial charge in [-0.2, -0.15) is 9.78 Å². The summed E-state index contributed by atoms with van der Waals surface area (Å²) >= 11 is 5.92. The van der Waals surface area contributed by atoms with Crippen molar-refractivity contribution in [1.82, 2.24) is 19.6 Å². The lowest BCUT2D eigenvalue weighted by atomic mass is 9.86. The second-order valence-electron chi connectivity index (χ2n) is 9.03. The van der Waals surface area contributed by atoms with Gasteiger partial charge in [0.05, 0.1) is 17.4 Å². The van der Waals surface area contributed by atoms with Crippen LogP contribution in [0.15, 0.2) is 60.9 Å². The topological polar surface area (TPSA) is 41.4 Å². The molecule has 0 saturated carbocycles. The van der Waals surface area contributed by atoms with Gasteiger partial charge in [-0.05, 0) is 48.6 Å². The summed E-state index contributed by atoms with van der Waals surface area (Å²) in [6.07, 6.45) is 5.28. The van der Waals surface area contributed by atoms with E-state index in [9.17, 15) is 4.79 Å². The van der Waals surface area contributed by atoms with Crippen molar-refractivity contribution in [3.05, 3.63) is 77.1 Å². The van der Waals surface area contributed by atoms with Crippen molar-refractivity contribution in [1.29, 1.82) is 0 Å². The number of carbonyl (C=O) groups is 1. The molecule has 0 N–H and O–H groups in total. The van der Waals surface area contributed by atoms with E-state index in [0.29, 0.717) is 5.02 Å². The highest BCUT2D eigenvalue weighted by Gasteiger charge is 2.45. The number of nitrogens with zero attached hydrogens (tertiary/aromatic N) is 4. The molecule has 5 rings (SSSR count). The molecule has 1 spiro atoms. The van der Waals surface area contributed by atoms with E-state index in [1.807, 2.05) is 4.90 Å². The Kier molecular flexibility index (Phi) is 5.32. The summed E-state index contributed by atoms with van der Waals surface area (Å²) in [6, 6.07) is 17.2. The average molecular weight is 435 g/mol. The van der Waals surface area contributed by atoms with Crippen LogP contribution in [0.5, 0.6) is 0 Å². The molecule has 0 radical (unpaired) electrons. The van der Waals surface area contributed by atoms with Crippen LogP contribution in [0.2, 0.25) is 5.02 Å². The number of aryl methyl sites for hydroxylation is 1. The SMILES string of the molecule is Cc1cc(-c2ccccc2)ccc1CN1CCC2(CCN(C(=O)n3cc(Cl)cn3)C2)C1. The van der Waals surface area contributed by atoms with Crippen LogP contribution >= 0.6 is 11.6 Å². The summed E-state index contributed by atoms with van der Waals surface area (Å²) in [6.45, 7) is 6.87. The van der Waals surface area contributed by atoms with Gasteiger partial charge in [0.1, 0.15) is 0 Å². The fourth-order valence-electron chi connectivity index (χ4n) is 5.07. The molecule has 1 amide bonds. The lowest BCUT2D eigenvalue weighted by molar-refractivity contribution is 0.196. The van der Waals surface area contributed by atoms with Crippen LogP contribution in [0.4, 0.5) is 4.79 Å². The number of benzene rings is 2. The minimum absolute atomic E-state index is 0.0745. The van der Waals surface area contributed by atoms with Gasteiger partial charge in [0.15, 0.2) is 0 Å². The molecule has 1 aromatic heterocycles. The molecule has 2 aliphatic heterocycles. The van der Waals surface area contributed by atoms with Crippen LogP contribution in [0.25, 0.3) is 11.1 Å². The monoisotopic (exact) mass is 434 g/mol. The van der Waals surface area contributed by atoms with Gasteiger partial charge in [-0.1, -0.05) is 60.1 Å². The van der Waals surface area contributed by atoms with Gasteiger partial charge >= 0.3 is 6.03 Å². The van der Waals surface area contributed by atoms with E-state index in [0.717, 1.165) is 45.6 Å². The molecule has 160 valence electrons. The minimum atomic E-state index is -0.0745. The fourth-order valence-corrected chi connectivity index (χ4v) is 5.20. The van der Waals surface area contributed by atoms with E-state index >= 15 is 0 Å². The predicted molar refractivity (Wildman–Crippen MR) is 123 cm³/mol. The van der Waals surface area contributed by atoms with Gasteiger partial charge in [-0.25, -0.2) is 4.79 Å². The van der Waals surface area contributed by atoms with Crippen molar-refractivity contribution in [2.24, 2.45) is 5.41 Å². The summed E-state index contributed by atoms with van der Waals surface area (Å²) in [4.78, 5) is 17.2. The molecular weight excluding hydrogens is 408 g/mol. The Morgan fingerprint density at radius 2 is 1.87 bits per heavy atom. The van der Waals surface area contributed by atoms with Crippen LogP contribution in [0.1, 0.15) is 24.0 Å². The summed E-state index contributed by atoms with van der Waals surface area (Å²) in [5, 5.41) is 4.56. The lowest BCUT2D eigenvalue weighted by Gasteiger charge is -2.25. The van der Waals surface area contributed by atoms with E-state index in [1.54, 1.807) is 6.20 Å². The Balaban J connectivity index is 1.23. The van der Waals surface area contributed by atoms with Gasteiger partial charge in [0.25, 0.3) is 0 Å². The van der Waals surface area contributed by atoms with Gasteiger partial charge in [-0.15, -0.1) is 0 Å². The Hall–Kier alpha value is -2.63. The Morgan fingerprint density at radius 3 is 2.61 bits per heavy atom. The maximum atomic E-state index is 12.7. The number of hydrogen-bond acceptors (Lipinski definition) is 3. The van der Waals surface area contributed by atoms with Crippen LogP contribution in [0.3, 0.4) is 0 Å². The highest BCUT2D eigenvalue weighted by molar-refractivity contribution is 6.30. The largest absolute Gasteiger partial charge is 0.344 e. The van der Waals surface area contributed by atoms with E-state index < -0.39 is 0 Å². The van der Waals surface area contributed by atoms with Crippen LogP contribution in [-0.4, -0.2) is 51.8 Å². The number of halogens is 1. The first-order valence-electron chi connectivity index (χ1n) is 10.9. The third kappa shape index (κ3) is 4.12. The molecule has 0 bridgehead atoms. The lowest BCUT2D eigenvalue weighted by Crippen LogP contribution is -2.36. The summed E-state index contributed by atoms with van der Waals surface area (Å²) in [5.41, 5.74) is 5.44. The Morgan fingerprint density at radius 1 is 1.06 bits per heavy atom. The summed E-state index contributed by atoms with van der Waals surface area (Å²) in [5.74, 6) is 0. The molecule has 2 aromatic carbocycles. The van der Waals surface area contributed by atoms with E-state index in [2.05, 4.69) is 65.5 Å². The molecule has 6 heteroatoms. The predicted octanol–water partition coefficient (Wildman–Crippen LogP) is 5.08. The van der Waals surface area contributed by atoms with Crippen molar-refractivity contribution in [3.63, 3.8) is 0 Å². The van der Waals surface area contributed by atoms with Crippen molar-refractivity contribution >= 4 is 17.6 Å². The standard InChI is InChI=1S/C25H27ClN4O/c1-19-13-21(20-5-3-2-4-6-20)7-8-22(19)15-28-11-9-25(17-28)10-12-29(18-25)24(31)30-16-23(26)14-27-30/h2-8,13-14,16H,9-12,15,17-18H2,1H3. The molecule has 3 heterocycles. The second kappa shape index (κ2) is 8.13. The first-order chi connectivity index (χ1) is 15.0. The zero-order chi connectivity index (χ0) is 21.4. The molecule has 3 aromatic rings. The molecule has 1 atom stereocenters. The van der Waals surface area contributed by atoms with E-state index in [-0.39, 0.29) is 11.4 Å². The smallest absolute Gasteiger partial charge is 0.322 e. The molecule has 31 heavy (non-hydrogen) atoms. The molecule has 5 nitrogen and oxygen atoms in total. The van der Waals surface area contributed by atoms with Crippen LogP contribution < -0.4 is 0 Å². The number of rotatable bonds is 3. The fraction of sp³-hybridized carbons (Fsp3) is 0.360. The summed E-state index contributed by atoms with van der Waals surface area (Å²) in [7, 11) is 0. The molecule has 1 unspecified atom stereocenters. The van der Waals surface area contributed by atoms with Crippen molar-refractivity contribution in [2.45, 2.75) is 26.3 Å². The minimum Gasteiger partial charge on any atom is -0.322 e. The van der Waals surface area contributed by atoms with Crippen LogP contribution in [-0.2, 0) is 6.54 Å². The molecular formula is C25H27ClN4O. The van der Waals surface area contributed by atoms with Crippen molar-refractivity contribution in [3.8, 4) is 11.1 Å². The second-order valence-corrected chi connectivity index (χ2v) is 9.46. The number of amides is 1. The first kappa shape index (κ1) is 20.3. The molecule has 2 aliphatic rings. The molecule has 2 fully saturated rings. The Labute approximate surface area is 188 Å². The summed E-state index contributed by atoms with van der Waals surface area (Å²) < 4.78 is 1.35. The average Bonchev–Trinajstić information content (AvgIpc) is 3.51. The highest BCUT2D eigenvalue weighted by Crippen LogP contribution is 2.40. The van der Waals surface area contributed by atoms with Crippen molar-refractivity contribution in [2.75, 3.05) is 26.2 Å². The first-order valence-corrected chi connectivity index (χ1v) is 11.3. The maximum Gasteiger partial charge on any atom is 0.344 e. The third-order valence-corrected chi connectivity index (χ3v) is 7.01. The van der Waals surface area contributed by atoms with Gasteiger partial charge in [0, 0.05) is 31.6 Å².